The van der Waals surface area contributed by atoms with Crippen molar-refractivity contribution >= 4 is 35.3 Å². The van der Waals surface area contributed by atoms with E-state index in [1.54, 1.807) is 13.2 Å². The van der Waals surface area contributed by atoms with Crippen LogP contribution in [-0.4, -0.2) is 62.9 Å². The molecule has 1 aromatic carbocycles. The van der Waals surface area contributed by atoms with Crippen molar-refractivity contribution in [2.45, 2.75) is 45.1 Å². The van der Waals surface area contributed by atoms with Crippen molar-refractivity contribution in [1.29, 1.82) is 0 Å². The molecule has 0 N–H and O–H groups in total. The minimum Gasteiger partial charge on any atom is -0.369 e. The van der Waals surface area contributed by atoms with Gasteiger partial charge in [0.25, 0.3) is 0 Å². The SMILES string of the molecule is CCCC(=O)N=CC1CN(c2ccc(N3CCCSCCC3)c(F)c2)C(OC)O1. The summed E-state index contributed by atoms with van der Waals surface area (Å²) in [6.45, 7) is 4.13. The van der Waals surface area contributed by atoms with E-state index in [0.29, 0.717) is 24.3 Å². The zero-order chi connectivity index (χ0) is 20.6. The average Bonchev–Trinajstić information content (AvgIpc) is 3.10. The zero-order valence-electron chi connectivity index (χ0n) is 17.2. The van der Waals surface area contributed by atoms with E-state index >= 15 is 0 Å². The van der Waals surface area contributed by atoms with Gasteiger partial charge in [-0.1, -0.05) is 6.92 Å². The fourth-order valence-corrected chi connectivity index (χ4v) is 4.45. The lowest BCUT2D eigenvalue weighted by Crippen LogP contribution is -2.32. The van der Waals surface area contributed by atoms with E-state index < -0.39 is 6.41 Å². The highest BCUT2D eigenvalue weighted by Gasteiger charge is 2.33. The Kier molecular flexibility index (Phi) is 8.32. The Morgan fingerprint density at radius 1 is 1.38 bits per heavy atom. The Labute approximate surface area is 176 Å². The summed E-state index contributed by atoms with van der Waals surface area (Å²) in [4.78, 5) is 19.6. The van der Waals surface area contributed by atoms with Gasteiger partial charge in [-0.15, -0.1) is 0 Å². The first-order valence-electron chi connectivity index (χ1n) is 10.3. The van der Waals surface area contributed by atoms with Gasteiger partial charge < -0.3 is 19.3 Å². The first-order valence-corrected chi connectivity index (χ1v) is 11.4. The molecular weight excluding hydrogens is 393 g/mol. The molecule has 2 saturated heterocycles. The molecule has 2 atom stereocenters. The number of benzene rings is 1. The molecule has 0 aromatic heterocycles. The van der Waals surface area contributed by atoms with Gasteiger partial charge in [0.05, 0.1) is 12.2 Å². The van der Waals surface area contributed by atoms with Crippen LogP contribution in [0.4, 0.5) is 15.8 Å². The Morgan fingerprint density at radius 2 is 2.14 bits per heavy atom. The number of hydrogen-bond acceptors (Lipinski definition) is 6. The molecule has 0 bridgehead atoms. The van der Waals surface area contributed by atoms with Crippen molar-refractivity contribution < 1.29 is 18.7 Å². The smallest absolute Gasteiger partial charge is 0.245 e. The van der Waals surface area contributed by atoms with Crippen molar-refractivity contribution in [3.63, 3.8) is 0 Å². The number of aliphatic imine (C=N–C) groups is 1. The van der Waals surface area contributed by atoms with Crippen LogP contribution < -0.4 is 9.80 Å². The van der Waals surface area contributed by atoms with Gasteiger partial charge in [-0.3, -0.25) is 4.79 Å². The highest BCUT2D eigenvalue weighted by molar-refractivity contribution is 7.99. The molecule has 2 fully saturated rings. The second-order valence-corrected chi connectivity index (χ2v) is 8.46. The average molecular weight is 424 g/mol. The van der Waals surface area contributed by atoms with Crippen LogP contribution in [0.1, 0.15) is 32.6 Å². The highest BCUT2D eigenvalue weighted by Crippen LogP contribution is 2.30. The molecule has 3 rings (SSSR count). The topological polar surface area (TPSA) is 54.4 Å². The van der Waals surface area contributed by atoms with E-state index in [9.17, 15) is 9.18 Å². The van der Waals surface area contributed by atoms with Crippen molar-refractivity contribution in [1.82, 2.24) is 0 Å². The summed E-state index contributed by atoms with van der Waals surface area (Å²) in [5, 5.41) is 0. The molecule has 6 nitrogen and oxygen atoms in total. The highest BCUT2D eigenvalue weighted by atomic mass is 32.2. The van der Waals surface area contributed by atoms with Crippen LogP contribution in [0.2, 0.25) is 0 Å². The monoisotopic (exact) mass is 423 g/mol. The third kappa shape index (κ3) is 5.93. The summed E-state index contributed by atoms with van der Waals surface area (Å²) >= 11 is 1.97. The standard InChI is InChI=1S/C21H30FN3O3S/c1-3-6-20(26)23-14-17-15-25(21(27-2)28-17)16-7-8-19(18(22)13-16)24-9-4-11-29-12-5-10-24/h7-8,13-14,17,21H,3-6,9-12,15H2,1-2H3. The van der Waals surface area contributed by atoms with Gasteiger partial charge >= 0.3 is 0 Å². The van der Waals surface area contributed by atoms with Gasteiger partial charge in [0.15, 0.2) is 0 Å². The second-order valence-electron chi connectivity index (χ2n) is 7.23. The maximum atomic E-state index is 15.0. The predicted octanol–water partition coefficient (Wildman–Crippen LogP) is 3.69. The number of amides is 1. The molecule has 160 valence electrons. The molecule has 2 aliphatic heterocycles. The Balaban J connectivity index is 1.70. The third-order valence-electron chi connectivity index (χ3n) is 5.01. The van der Waals surface area contributed by atoms with E-state index in [1.807, 2.05) is 35.7 Å². The maximum absolute atomic E-state index is 15.0. The molecule has 1 amide bonds. The number of carbonyl (C=O) groups excluding carboxylic acids is 1. The van der Waals surface area contributed by atoms with Gasteiger partial charge in [-0.2, -0.15) is 11.8 Å². The first kappa shape index (κ1) is 22.1. The van der Waals surface area contributed by atoms with Gasteiger partial charge in [-0.05, 0) is 49.0 Å². The first-order chi connectivity index (χ1) is 14.1. The van der Waals surface area contributed by atoms with Crippen LogP contribution >= 0.6 is 11.8 Å². The maximum Gasteiger partial charge on any atom is 0.245 e. The second kappa shape index (κ2) is 10.9. The lowest BCUT2D eigenvalue weighted by molar-refractivity contribution is -0.118. The van der Waals surface area contributed by atoms with E-state index in [-0.39, 0.29) is 17.8 Å². The number of hydrogen-bond donors (Lipinski definition) is 0. The molecule has 8 heteroatoms. The number of thioether (sulfide) groups is 1. The summed E-state index contributed by atoms with van der Waals surface area (Å²) < 4.78 is 26.2. The van der Waals surface area contributed by atoms with Gasteiger partial charge in [0.2, 0.25) is 12.3 Å². The van der Waals surface area contributed by atoms with Crippen LogP contribution in [0.25, 0.3) is 0 Å². The van der Waals surface area contributed by atoms with Crippen molar-refractivity contribution in [3.05, 3.63) is 24.0 Å². The van der Waals surface area contributed by atoms with Gasteiger partial charge in [-0.25, -0.2) is 9.38 Å². The molecule has 0 radical (unpaired) electrons. The number of ether oxygens (including phenoxy) is 2. The van der Waals surface area contributed by atoms with Crippen molar-refractivity contribution in [2.75, 3.05) is 48.0 Å². The molecular formula is C21H30FN3O3S. The number of nitrogens with zero attached hydrogens (tertiary/aromatic N) is 3. The number of methoxy groups -OCH3 is 1. The van der Waals surface area contributed by atoms with Crippen molar-refractivity contribution in [2.24, 2.45) is 4.99 Å². The Hall–Kier alpha value is -1.64. The Morgan fingerprint density at radius 3 is 2.79 bits per heavy atom. The summed E-state index contributed by atoms with van der Waals surface area (Å²) in [6, 6.07) is 5.29. The van der Waals surface area contributed by atoms with E-state index in [0.717, 1.165) is 43.9 Å². The normalized spacial score (nSPS) is 23.4. The predicted molar refractivity (Wildman–Crippen MR) is 117 cm³/mol. The summed E-state index contributed by atoms with van der Waals surface area (Å²) in [5.74, 6) is 1.85. The molecule has 2 heterocycles. The third-order valence-corrected chi connectivity index (χ3v) is 6.16. The molecule has 29 heavy (non-hydrogen) atoms. The van der Waals surface area contributed by atoms with Crippen LogP contribution in [0.15, 0.2) is 23.2 Å². The van der Waals surface area contributed by atoms with Crippen LogP contribution in [0, 0.1) is 5.82 Å². The number of anilines is 2. The quantitative estimate of drug-likeness (QED) is 0.651. The molecule has 2 unspecified atom stereocenters. The number of rotatable bonds is 6. The minimum absolute atomic E-state index is 0.162. The molecule has 0 aliphatic carbocycles. The molecule has 0 saturated carbocycles. The van der Waals surface area contributed by atoms with Gasteiger partial charge in [0.1, 0.15) is 11.9 Å². The van der Waals surface area contributed by atoms with E-state index in [1.165, 1.54) is 6.21 Å². The summed E-state index contributed by atoms with van der Waals surface area (Å²) in [5.41, 5.74) is 1.34. The zero-order valence-corrected chi connectivity index (χ0v) is 18.0. The molecule has 2 aliphatic rings. The lowest BCUT2D eigenvalue weighted by Gasteiger charge is -2.28. The number of halogens is 1. The Bertz CT molecular complexity index is 710. The number of carbonyl (C=O) groups is 1. The summed E-state index contributed by atoms with van der Waals surface area (Å²) in [6.07, 6.45) is 3.81. The molecule has 0 spiro atoms. The van der Waals surface area contributed by atoms with Gasteiger partial charge in [0, 0.05) is 38.5 Å². The van der Waals surface area contributed by atoms with Crippen molar-refractivity contribution in [3.8, 4) is 0 Å². The van der Waals surface area contributed by atoms with Crippen LogP contribution in [0.3, 0.4) is 0 Å². The lowest BCUT2D eigenvalue weighted by atomic mass is 10.2. The largest absolute Gasteiger partial charge is 0.369 e. The van der Waals surface area contributed by atoms with E-state index in [2.05, 4.69) is 9.89 Å². The fourth-order valence-electron chi connectivity index (χ4n) is 3.58. The summed E-state index contributed by atoms with van der Waals surface area (Å²) in [7, 11) is 1.54. The van der Waals surface area contributed by atoms with Crippen LogP contribution in [0.5, 0.6) is 0 Å². The fraction of sp³-hybridized carbons (Fsp3) is 0.619. The molecule has 1 aromatic rings. The van der Waals surface area contributed by atoms with E-state index in [4.69, 9.17) is 9.47 Å². The minimum atomic E-state index is -0.642. The van der Waals surface area contributed by atoms with Crippen LogP contribution in [-0.2, 0) is 14.3 Å².